The van der Waals surface area contributed by atoms with Gasteiger partial charge in [0.05, 0.1) is 0 Å². The molecule has 0 aliphatic carbocycles. The number of hydrogen-bond acceptors (Lipinski definition) is 1. The molecule has 11 heavy (non-hydrogen) atoms. The highest BCUT2D eigenvalue weighted by molar-refractivity contribution is 4.84. The summed E-state index contributed by atoms with van der Waals surface area (Å²) in [6, 6.07) is 0.136. The van der Waals surface area contributed by atoms with Crippen LogP contribution in [0.25, 0.3) is 0 Å². The maximum atomic E-state index is 7.93. The van der Waals surface area contributed by atoms with Crippen LogP contribution < -0.4 is 5.73 Å². The Labute approximate surface area is 72.8 Å². The lowest BCUT2D eigenvalue weighted by atomic mass is 9.70. The Bertz CT molecular complexity index is 144. The second-order valence-electron chi connectivity index (χ2n) is 4.41. The van der Waals surface area contributed by atoms with E-state index in [2.05, 4.69) is 20.8 Å². The Hall–Kier alpha value is -0.0400. The summed E-state index contributed by atoms with van der Waals surface area (Å²) < 4.78 is 7.93. The van der Waals surface area contributed by atoms with Gasteiger partial charge in [-0.25, -0.2) is 0 Å². The molecule has 0 saturated carbocycles. The number of nitrogens with two attached hydrogens (primary N) is 1. The molecule has 68 valence electrons. The van der Waals surface area contributed by atoms with Crippen molar-refractivity contribution in [1.82, 2.24) is 0 Å². The Balaban J connectivity index is 4.57. The molecule has 0 spiro atoms. The molecule has 2 atom stereocenters. The maximum Gasteiger partial charge on any atom is 0.0300 e. The minimum Gasteiger partial charge on any atom is -0.327 e. The molecule has 0 amide bonds. The summed E-state index contributed by atoms with van der Waals surface area (Å²) in [6.45, 7) is 12.3. The zero-order valence-corrected chi connectivity index (χ0v) is 8.73. The average Bonchev–Trinajstić information content (AvgIpc) is 1.83. The molecule has 2 unspecified atom stereocenters. The average molecular weight is 158 g/mol. The van der Waals surface area contributed by atoms with Crippen molar-refractivity contribution in [3.8, 4) is 0 Å². The van der Waals surface area contributed by atoms with E-state index in [1.165, 1.54) is 0 Å². The van der Waals surface area contributed by atoms with Crippen LogP contribution in [0.5, 0.6) is 0 Å². The van der Waals surface area contributed by atoms with Crippen LogP contribution in [0.1, 0.15) is 42.9 Å². The summed E-state index contributed by atoms with van der Waals surface area (Å²) in [5.41, 5.74) is 5.92. The van der Waals surface area contributed by atoms with Crippen LogP contribution in [0.3, 0.4) is 0 Å². The van der Waals surface area contributed by atoms with Crippen molar-refractivity contribution in [3.63, 3.8) is 0 Å². The van der Waals surface area contributed by atoms with Gasteiger partial charge in [-0.15, -0.1) is 0 Å². The highest BCUT2D eigenvalue weighted by Crippen LogP contribution is 2.34. The quantitative estimate of drug-likeness (QED) is 0.671. The van der Waals surface area contributed by atoms with E-state index >= 15 is 0 Å². The zero-order chi connectivity index (χ0) is 10.2. The van der Waals surface area contributed by atoms with E-state index in [9.17, 15) is 0 Å². The Kier molecular flexibility index (Phi) is 2.94. The third kappa shape index (κ3) is 2.48. The second-order valence-corrected chi connectivity index (χ2v) is 4.41. The summed E-state index contributed by atoms with van der Waals surface area (Å²) in [4.78, 5) is 0. The fourth-order valence-corrected chi connectivity index (χ4v) is 1.14. The maximum absolute atomic E-state index is 7.93. The zero-order valence-electron chi connectivity index (χ0n) is 9.73. The van der Waals surface area contributed by atoms with E-state index in [0.717, 1.165) is 0 Å². The highest BCUT2D eigenvalue weighted by Gasteiger charge is 2.31. The van der Waals surface area contributed by atoms with Crippen molar-refractivity contribution >= 4 is 0 Å². The fraction of sp³-hybridized carbons (Fsp3) is 1.00. The van der Waals surface area contributed by atoms with E-state index < -0.39 is 5.89 Å². The van der Waals surface area contributed by atoms with E-state index in [0.29, 0.717) is 5.92 Å². The van der Waals surface area contributed by atoms with Gasteiger partial charge in [0, 0.05) is 7.41 Å². The van der Waals surface area contributed by atoms with Crippen LogP contribution in [-0.4, -0.2) is 6.04 Å². The first-order valence-corrected chi connectivity index (χ1v) is 4.35. The van der Waals surface area contributed by atoms with Gasteiger partial charge in [-0.05, 0) is 24.2 Å². The first-order chi connectivity index (χ1) is 5.10. The van der Waals surface area contributed by atoms with Gasteiger partial charge in [0.15, 0.2) is 0 Å². The molecule has 0 rings (SSSR count). The molecule has 0 aliphatic heterocycles. The van der Waals surface area contributed by atoms with Crippen molar-refractivity contribution in [2.24, 2.45) is 23.0 Å². The third-order valence-electron chi connectivity index (χ3n) is 3.16. The normalized spacial score (nSPS) is 20.8. The topological polar surface area (TPSA) is 26.0 Å². The minimum atomic E-state index is -0.406. The summed E-state index contributed by atoms with van der Waals surface area (Å²) in [5, 5.41) is 0. The van der Waals surface area contributed by atoms with Gasteiger partial charge in [-0.3, -0.25) is 0 Å². The van der Waals surface area contributed by atoms with Gasteiger partial charge < -0.3 is 5.73 Å². The summed E-state index contributed by atoms with van der Waals surface area (Å²) >= 11 is 0. The second kappa shape index (κ2) is 3.57. The van der Waals surface area contributed by atoms with E-state index in [-0.39, 0.29) is 11.5 Å². The Morgan fingerprint density at radius 3 is 1.64 bits per heavy atom. The van der Waals surface area contributed by atoms with Crippen molar-refractivity contribution in [3.05, 3.63) is 0 Å². The molecule has 0 fully saturated rings. The molecule has 1 nitrogen and oxygen atoms in total. The van der Waals surface area contributed by atoms with Crippen LogP contribution >= 0.6 is 0 Å². The molecule has 0 saturated heterocycles. The van der Waals surface area contributed by atoms with Crippen LogP contribution in [0, 0.1) is 17.2 Å². The van der Waals surface area contributed by atoms with E-state index in [1.807, 2.05) is 20.8 Å². The molecule has 0 aromatic rings. The van der Waals surface area contributed by atoms with Crippen LogP contribution in [0.4, 0.5) is 0 Å². The minimum absolute atomic E-state index is 0.0330. The molecule has 0 aliphatic rings. The van der Waals surface area contributed by atoms with Crippen molar-refractivity contribution in [1.29, 1.82) is 0 Å². The fourth-order valence-electron chi connectivity index (χ4n) is 1.14. The first kappa shape index (κ1) is 9.05. The van der Waals surface area contributed by atoms with Crippen LogP contribution in [0.15, 0.2) is 0 Å². The van der Waals surface area contributed by atoms with Gasteiger partial charge in [0.1, 0.15) is 0 Å². The predicted octanol–water partition coefficient (Wildman–Crippen LogP) is 2.65. The summed E-state index contributed by atoms with van der Waals surface area (Å²) in [6.07, 6.45) is 0. The molecule has 0 aromatic carbocycles. The van der Waals surface area contributed by atoms with Gasteiger partial charge in [-0.2, -0.15) is 0 Å². The van der Waals surface area contributed by atoms with Gasteiger partial charge >= 0.3 is 0 Å². The van der Waals surface area contributed by atoms with E-state index in [1.54, 1.807) is 0 Å². The molecular weight excluding hydrogens is 134 g/mol. The van der Waals surface area contributed by atoms with Crippen molar-refractivity contribution in [2.75, 3.05) is 0 Å². The Morgan fingerprint density at radius 2 is 1.55 bits per heavy atom. The number of hydrogen-bond donors (Lipinski definition) is 1. The largest absolute Gasteiger partial charge is 0.327 e. The predicted molar refractivity (Wildman–Crippen MR) is 51.4 cm³/mol. The van der Waals surface area contributed by atoms with E-state index in [4.69, 9.17) is 7.10 Å². The molecule has 0 radical (unpaired) electrons. The lowest BCUT2D eigenvalue weighted by Gasteiger charge is -2.38. The molecule has 0 heterocycles. The molecule has 0 aromatic heterocycles. The van der Waals surface area contributed by atoms with Crippen LogP contribution in [0.2, 0.25) is 0 Å². The van der Waals surface area contributed by atoms with Gasteiger partial charge in [0.25, 0.3) is 0 Å². The summed E-state index contributed by atoms with van der Waals surface area (Å²) in [5.74, 6) is -0.109. The molecule has 0 bridgehead atoms. The monoisotopic (exact) mass is 158 g/mol. The first-order valence-electron chi connectivity index (χ1n) is 4.85. The Morgan fingerprint density at radius 1 is 1.18 bits per heavy atom. The SMILES string of the molecule is [2H]C(C)(C)C(C)C(C)(C)C(C)N. The van der Waals surface area contributed by atoms with Gasteiger partial charge in [0.2, 0.25) is 0 Å². The standard InChI is InChI=1S/C10H23N/c1-7(2)8(3)10(5,6)9(4)11/h7-9H,11H2,1-6H3/i7D. The van der Waals surface area contributed by atoms with Gasteiger partial charge in [-0.1, -0.05) is 34.6 Å². The molecular formula is C10H23N. The van der Waals surface area contributed by atoms with Crippen LogP contribution in [-0.2, 0) is 0 Å². The van der Waals surface area contributed by atoms with Crippen molar-refractivity contribution < 1.29 is 1.37 Å². The lowest BCUT2D eigenvalue weighted by Crippen LogP contribution is -2.41. The highest BCUT2D eigenvalue weighted by atomic mass is 14.7. The molecule has 2 N–H and O–H groups in total. The lowest BCUT2D eigenvalue weighted by molar-refractivity contribution is 0.144. The summed E-state index contributed by atoms with van der Waals surface area (Å²) in [7, 11) is 0. The number of rotatable bonds is 3. The molecule has 1 heteroatoms. The smallest absolute Gasteiger partial charge is 0.0300 e. The van der Waals surface area contributed by atoms with Crippen molar-refractivity contribution in [2.45, 2.75) is 47.6 Å². The third-order valence-corrected chi connectivity index (χ3v) is 3.16.